The van der Waals surface area contributed by atoms with Gasteiger partial charge in [-0.3, -0.25) is 4.90 Å². The van der Waals surface area contributed by atoms with Gasteiger partial charge in [-0.2, -0.15) is 5.10 Å². The summed E-state index contributed by atoms with van der Waals surface area (Å²) in [5.41, 5.74) is 12.0. The quantitative estimate of drug-likeness (QED) is 0.298. The lowest BCUT2D eigenvalue weighted by atomic mass is 9.90. The Kier molecular flexibility index (Phi) is 6.57. The van der Waals surface area contributed by atoms with Crippen LogP contribution in [-0.4, -0.2) is 73.9 Å². The number of H-pyrrole nitrogens is 1. The maximum atomic E-state index is 6.44. The highest BCUT2D eigenvalue weighted by Gasteiger charge is 2.30. The average molecular weight is 538 g/mol. The van der Waals surface area contributed by atoms with Gasteiger partial charge in [0.05, 0.1) is 29.6 Å². The van der Waals surface area contributed by atoms with Crippen molar-refractivity contribution in [1.29, 1.82) is 0 Å². The largest absolute Gasteiger partial charge is 0.496 e. The summed E-state index contributed by atoms with van der Waals surface area (Å²) < 4.78 is 7.64. The third-order valence-corrected chi connectivity index (χ3v) is 8.55. The molecule has 10 nitrogen and oxygen atoms in total. The van der Waals surface area contributed by atoms with Crippen molar-refractivity contribution in [3.8, 4) is 17.0 Å². The predicted molar refractivity (Wildman–Crippen MR) is 156 cm³/mol. The number of nitrogens with one attached hydrogen (secondary N) is 2. The molecule has 5 aromatic rings. The van der Waals surface area contributed by atoms with Crippen molar-refractivity contribution in [2.24, 2.45) is 0 Å². The number of para-hydroxylation sites is 1. The van der Waals surface area contributed by atoms with Crippen LogP contribution in [0.3, 0.4) is 0 Å². The number of nitrogen functional groups attached to an aromatic ring is 1. The molecule has 1 saturated heterocycles. The molecular weight excluding hydrogens is 502 g/mol. The van der Waals surface area contributed by atoms with Gasteiger partial charge < -0.3 is 20.8 Å². The lowest BCUT2D eigenvalue weighted by Gasteiger charge is -2.39. The number of aromatic nitrogens is 6. The van der Waals surface area contributed by atoms with Crippen LogP contribution < -0.4 is 15.8 Å². The number of ether oxygens (including phenoxy) is 1. The molecule has 40 heavy (non-hydrogen) atoms. The number of fused-ring (bicyclic) bond motifs is 2. The van der Waals surface area contributed by atoms with E-state index in [2.05, 4.69) is 54.1 Å². The summed E-state index contributed by atoms with van der Waals surface area (Å²) in [7, 11) is 1.70. The number of imidazole rings is 1. The molecule has 0 spiro atoms. The van der Waals surface area contributed by atoms with Crippen LogP contribution in [0, 0.1) is 0 Å². The molecule has 1 saturated carbocycles. The molecular formula is C30H35N9O. The topological polar surface area (TPSA) is 123 Å². The predicted octanol–water partition coefficient (Wildman–Crippen LogP) is 3.94. The van der Waals surface area contributed by atoms with Gasteiger partial charge in [0, 0.05) is 49.8 Å². The fraction of sp³-hybridized carbons (Fsp3) is 0.400. The summed E-state index contributed by atoms with van der Waals surface area (Å²) in [5.74, 6) is 2.20. The first-order valence-electron chi connectivity index (χ1n) is 14.2. The van der Waals surface area contributed by atoms with Crippen molar-refractivity contribution in [3.05, 3.63) is 60.2 Å². The molecule has 10 heteroatoms. The Balaban J connectivity index is 1.19. The van der Waals surface area contributed by atoms with E-state index in [9.17, 15) is 0 Å². The monoisotopic (exact) mass is 537 g/mol. The molecule has 4 N–H and O–H groups in total. The van der Waals surface area contributed by atoms with Crippen LogP contribution in [0.2, 0.25) is 0 Å². The highest BCUT2D eigenvalue weighted by atomic mass is 16.5. The number of aromatic amines is 1. The van der Waals surface area contributed by atoms with Gasteiger partial charge in [-0.15, -0.1) is 0 Å². The molecule has 4 heterocycles. The maximum Gasteiger partial charge on any atom is 0.164 e. The molecule has 0 atom stereocenters. The summed E-state index contributed by atoms with van der Waals surface area (Å²) in [6, 6.07) is 15.2. The van der Waals surface area contributed by atoms with Crippen molar-refractivity contribution < 1.29 is 4.74 Å². The van der Waals surface area contributed by atoms with Gasteiger partial charge in [-0.1, -0.05) is 24.3 Å². The lowest BCUT2D eigenvalue weighted by Crippen LogP contribution is -2.49. The normalized spacial score (nSPS) is 20.3. The third-order valence-electron chi connectivity index (χ3n) is 8.55. The van der Waals surface area contributed by atoms with Crippen molar-refractivity contribution >= 4 is 27.9 Å². The molecule has 3 aromatic heterocycles. The zero-order chi connectivity index (χ0) is 27.1. The fourth-order valence-corrected chi connectivity index (χ4v) is 6.49. The van der Waals surface area contributed by atoms with Gasteiger partial charge >= 0.3 is 0 Å². The van der Waals surface area contributed by atoms with Gasteiger partial charge in [-0.05, 0) is 43.9 Å². The highest BCUT2D eigenvalue weighted by Crippen LogP contribution is 2.37. The molecule has 1 aliphatic heterocycles. The SMILES string of the molecule is COc1ccccc1Cc1nc2cc(-c3nn([C@H]4CC[C@H](N5CCNCC5)CC4)c4ncnc(N)c34)ccc2[nH]1. The number of nitrogens with two attached hydrogens (primary N) is 1. The Bertz CT molecular complexity index is 1640. The Morgan fingerprint density at radius 3 is 2.62 bits per heavy atom. The van der Waals surface area contributed by atoms with Crippen molar-refractivity contribution in [2.75, 3.05) is 39.0 Å². The first kappa shape index (κ1) is 25.0. The van der Waals surface area contributed by atoms with E-state index in [1.54, 1.807) is 13.4 Å². The highest BCUT2D eigenvalue weighted by molar-refractivity contribution is 5.99. The van der Waals surface area contributed by atoms with Crippen LogP contribution in [0.1, 0.15) is 43.1 Å². The Morgan fingerprint density at radius 2 is 1.80 bits per heavy atom. The summed E-state index contributed by atoms with van der Waals surface area (Å²) in [6.45, 7) is 4.46. The maximum absolute atomic E-state index is 6.44. The minimum absolute atomic E-state index is 0.297. The number of nitrogens with zero attached hydrogens (tertiary/aromatic N) is 6. The van der Waals surface area contributed by atoms with Crippen LogP contribution in [0.4, 0.5) is 5.82 Å². The van der Waals surface area contributed by atoms with E-state index in [0.29, 0.717) is 24.3 Å². The van der Waals surface area contributed by atoms with Crippen LogP contribution in [-0.2, 0) is 6.42 Å². The van der Waals surface area contributed by atoms with E-state index in [-0.39, 0.29) is 0 Å². The van der Waals surface area contributed by atoms with Crippen LogP contribution in [0.15, 0.2) is 48.8 Å². The minimum Gasteiger partial charge on any atom is -0.496 e. The van der Waals surface area contributed by atoms with Gasteiger partial charge in [-0.25, -0.2) is 19.6 Å². The Hall–Kier alpha value is -4.02. The van der Waals surface area contributed by atoms with E-state index < -0.39 is 0 Å². The fourth-order valence-electron chi connectivity index (χ4n) is 6.49. The number of piperazine rings is 1. The molecule has 0 radical (unpaired) electrons. The molecule has 2 aliphatic rings. The number of methoxy groups -OCH3 is 1. The Labute approximate surface area is 233 Å². The molecule has 0 bridgehead atoms. The number of rotatable bonds is 6. The summed E-state index contributed by atoms with van der Waals surface area (Å²) >= 11 is 0. The molecule has 206 valence electrons. The zero-order valence-corrected chi connectivity index (χ0v) is 22.8. The smallest absolute Gasteiger partial charge is 0.164 e. The third kappa shape index (κ3) is 4.56. The summed E-state index contributed by atoms with van der Waals surface area (Å²) in [6.07, 6.45) is 6.72. The van der Waals surface area contributed by atoms with Crippen molar-refractivity contribution in [3.63, 3.8) is 0 Å². The molecule has 7 rings (SSSR count). The van der Waals surface area contributed by atoms with Crippen LogP contribution >= 0.6 is 0 Å². The zero-order valence-electron chi connectivity index (χ0n) is 22.8. The van der Waals surface area contributed by atoms with Gasteiger partial charge in [0.25, 0.3) is 0 Å². The lowest BCUT2D eigenvalue weighted by molar-refractivity contribution is 0.121. The van der Waals surface area contributed by atoms with Crippen LogP contribution in [0.25, 0.3) is 33.3 Å². The molecule has 1 aliphatic carbocycles. The number of hydrogen-bond donors (Lipinski definition) is 3. The number of benzene rings is 2. The Morgan fingerprint density at radius 1 is 1.00 bits per heavy atom. The van der Waals surface area contributed by atoms with Crippen molar-refractivity contribution in [2.45, 2.75) is 44.2 Å². The second-order valence-corrected chi connectivity index (χ2v) is 10.9. The molecule has 0 amide bonds. The first-order valence-corrected chi connectivity index (χ1v) is 14.2. The molecule has 2 aromatic carbocycles. The summed E-state index contributed by atoms with van der Waals surface area (Å²) in [5, 5.41) is 9.42. The number of anilines is 1. The van der Waals surface area contributed by atoms with Crippen LogP contribution in [0.5, 0.6) is 5.75 Å². The van der Waals surface area contributed by atoms with E-state index in [1.165, 1.54) is 12.8 Å². The van der Waals surface area contributed by atoms with Gasteiger partial charge in [0.1, 0.15) is 29.4 Å². The minimum atomic E-state index is 0.297. The van der Waals surface area contributed by atoms with Gasteiger partial charge in [0.2, 0.25) is 0 Å². The van der Waals surface area contributed by atoms with E-state index in [4.69, 9.17) is 20.6 Å². The van der Waals surface area contributed by atoms with E-state index in [1.807, 2.05) is 18.2 Å². The average Bonchev–Trinajstić information content (AvgIpc) is 3.59. The first-order chi connectivity index (χ1) is 19.7. The van der Waals surface area contributed by atoms with Crippen molar-refractivity contribution in [1.82, 2.24) is 39.9 Å². The second-order valence-electron chi connectivity index (χ2n) is 10.9. The van der Waals surface area contributed by atoms with Gasteiger partial charge in [0.15, 0.2) is 5.65 Å². The van der Waals surface area contributed by atoms with E-state index >= 15 is 0 Å². The van der Waals surface area contributed by atoms with E-state index in [0.717, 1.165) is 89.5 Å². The molecule has 0 unspecified atom stereocenters. The summed E-state index contributed by atoms with van der Waals surface area (Å²) in [4.78, 5) is 20.0. The molecule has 2 fully saturated rings. The number of hydrogen-bond acceptors (Lipinski definition) is 8. The standard InChI is InChI=1S/C30H35N9O/c1-40-25-5-3-2-4-19(25)17-26-35-23-11-6-20(16-24(23)36-26)28-27-29(31)33-18-34-30(27)39(37-28)22-9-7-21(8-10-22)38-14-12-32-13-15-38/h2-6,11,16,18,21-22,32H,7-10,12-15,17H2,1H3,(H,35,36)(H2,31,33,34)/t21-,22-. The second kappa shape index (κ2) is 10.5.